The van der Waals surface area contributed by atoms with E-state index < -0.39 is 18.4 Å². The summed E-state index contributed by atoms with van der Waals surface area (Å²) in [6.07, 6.45) is 8.22. The van der Waals surface area contributed by atoms with Crippen molar-refractivity contribution in [3.05, 3.63) is 40.5 Å². The molecule has 1 nitrogen and oxygen atoms in total. The summed E-state index contributed by atoms with van der Waals surface area (Å²) in [5.74, 6) is 0. The van der Waals surface area contributed by atoms with Crippen LogP contribution in [0.15, 0.2) is 40.5 Å². The van der Waals surface area contributed by atoms with E-state index in [1.54, 1.807) is 3.59 Å². The molecule has 0 saturated heterocycles. The summed E-state index contributed by atoms with van der Waals surface area (Å²) in [5.41, 5.74) is 1.23. The van der Waals surface area contributed by atoms with Crippen LogP contribution in [0.3, 0.4) is 0 Å². The van der Waals surface area contributed by atoms with Gasteiger partial charge in [-0.1, -0.05) is 0 Å². The second kappa shape index (κ2) is 12.0. The van der Waals surface area contributed by atoms with Crippen LogP contribution in [0.4, 0.5) is 5.69 Å². The van der Waals surface area contributed by atoms with Crippen molar-refractivity contribution in [3.8, 4) is 0 Å². The quantitative estimate of drug-likeness (QED) is 0.336. The summed E-state index contributed by atoms with van der Waals surface area (Å²) in [6, 6.07) is 10.6. The molecule has 1 N–H and O–H groups in total. The van der Waals surface area contributed by atoms with E-state index >= 15 is 0 Å². The van der Waals surface area contributed by atoms with Crippen molar-refractivity contribution in [2.45, 2.75) is 72.6 Å². The van der Waals surface area contributed by atoms with Crippen LogP contribution in [0.2, 0.25) is 13.3 Å². The van der Waals surface area contributed by atoms with Crippen LogP contribution in [0.25, 0.3) is 0 Å². The van der Waals surface area contributed by atoms with Crippen LogP contribution in [-0.2, 0) is 0 Å². The minimum absolute atomic E-state index is 0.997. The first-order valence-electron chi connectivity index (χ1n) is 9.65. The molecule has 1 aromatic rings. The molecule has 0 aromatic heterocycles. The molecule has 23 heavy (non-hydrogen) atoms. The summed E-state index contributed by atoms with van der Waals surface area (Å²) in [4.78, 5) is 0. The molecule has 1 rings (SSSR count). The van der Waals surface area contributed by atoms with Gasteiger partial charge in [-0.3, -0.25) is 0 Å². The molecule has 0 bridgehead atoms. The summed E-state index contributed by atoms with van der Waals surface area (Å²) < 4.78 is 6.17. The molecule has 0 aliphatic heterocycles. The van der Waals surface area contributed by atoms with Crippen LogP contribution >= 0.6 is 0 Å². The van der Waals surface area contributed by atoms with Gasteiger partial charge in [0.2, 0.25) is 0 Å². The Morgan fingerprint density at radius 2 is 1.35 bits per heavy atom. The van der Waals surface area contributed by atoms with Gasteiger partial charge >= 0.3 is 149 Å². The molecule has 0 aliphatic rings. The fourth-order valence-electron chi connectivity index (χ4n) is 3.40. The molecule has 0 heterocycles. The van der Waals surface area contributed by atoms with E-state index in [4.69, 9.17) is 0 Å². The Morgan fingerprint density at radius 3 is 1.78 bits per heavy atom. The monoisotopic (exact) mass is 423 g/mol. The van der Waals surface area contributed by atoms with Gasteiger partial charge in [-0.2, -0.15) is 0 Å². The van der Waals surface area contributed by atoms with E-state index in [1.807, 2.05) is 0 Å². The van der Waals surface area contributed by atoms with Gasteiger partial charge in [0, 0.05) is 0 Å². The number of hydrogen-bond donors (Lipinski definition) is 1. The van der Waals surface area contributed by atoms with Gasteiger partial charge in [0.25, 0.3) is 0 Å². The zero-order valence-electron chi connectivity index (χ0n) is 15.7. The Balaban J connectivity index is 2.78. The SMILES string of the molecule is C=[C](CNc1ccccc1)[Sn]([CH2]CCC)([CH2]CCC)[CH2]CCC. The molecule has 0 amide bonds. The number of rotatable bonds is 13. The minimum atomic E-state index is -2.25. The second-order valence-corrected chi connectivity index (χ2v) is 20.5. The number of benzene rings is 1. The van der Waals surface area contributed by atoms with Crippen molar-refractivity contribution < 1.29 is 0 Å². The van der Waals surface area contributed by atoms with Gasteiger partial charge in [0.1, 0.15) is 0 Å². The average molecular weight is 422 g/mol. The first-order chi connectivity index (χ1) is 11.2. The predicted octanol–water partition coefficient (Wildman–Crippen LogP) is 7.04. The summed E-state index contributed by atoms with van der Waals surface area (Å²) in [6.45, 7) is 12.6. The van der Waals surface area contributed by atoms with Gasteiger partial charge < -0.3 is 0 Å². The van der Waals surface area contributed by atoms with Crippen molar-refractivity contribution in [3.63, 3.8) is 0 Å². The van der Waals surface area contributed by atoms with Gasteiger partial charge in [-0.15, -0.1) is 0 Å². The molecule has 2 heteroatoms. The van der Waals surface area contributed by atoms with Crippen LogP contribution in [0.1, 0.15) is 59.3 Å². The summed E-state index contributed by atoms with van der Waals surface area (Å²) in [5, 5.41) is 3.63. The van der Waals surface area contributed by atoms with Gasteiger partial charge in [-0.05, 0) is 0 Å². The molecule has 0 saturated carbocycles. The van der Waals surface area contributed by atoms with Crippen LogP contribution < -0.4 is 5.32 Å². The molecule has 0 radical (unpaired) electrons. The van der Waals surface area contributed by atoms with Crippen molar-refractivity contribution in [2.24, 2.45) is 0 Å². The fourth-order valence-corrected chi connectivity index (χ4v) is 18.7. The standard InChI is InChI=1S/C9H10N.3C4H9.Sn/c1-2-8-10-9-6-4-3-5-7-9;3*1-3-4-2;/h3-7,10H,1,8H2;3*1,3-4H2,2H3;. The third kappa shape index (κ3) is 7.32. The number of anilines is 1. The van der Waals surface area contributed by atoms with E-state index in [9.17, 15) is 0 Å². The normalized spacial score (nSPS) is 11.4. The van der Waals surface area contributed by atoms with Crippen molar-refractivity contribution in [1.82, 2.24) is 0 Å². The van der Waals surface area contributed by atoms with Crippen molar-refractivity contribution >= 4 is 24.1 Å². The third-order valence-corrected chi connectivity index (χ3v) is 21.1. The Morgan fingerprint density at radius 1 is 0.870 bits per heavy atom. The van der Waals surface area contributed by atoms with Crippen LogP contribution in [0.5, 0.6) is 0 Å². The van der Waals surface area contributed by atoms with Gasteiger partial charge in [0.05, 0.1) is 0 Å². The van der Waals surface area contributed by atoms with Crippen LogP contribution in [-0.4, -0.2) is 24.9 Å². The molecule has 0 spiro atoms. The zero-order valence-corrected chi connectivity index (χ0v) is 18.5. The van der Waals surface area contributed by atoms with E-state index in [2.05, 4.69) is 63.0 Å². The Labute approximate surface area is 148 Å². The summed E-state index contributed by atoms with van der Waals surface area (Å²) >= 11 is -2.25. The Kier molecular flexibility index (Phi) is 10.7. The van der Waals surface area contributed by atoms with Gasteiger partial charge in [0.15, 0.2) is 0 Å². The molecule has 1 aromatic carbocycles. The molecular weight excluding hydrogens is 385 g/mol. The van der Waals surface area contributed by atoms with E-state index in [0.29, 0.717) is 0 Å². The first kappa shape index (κ1) is 20.6. The third-order valence-electron chi connectivity index (χ3n) is 5.06. The zero-order chi connectivity index (χ0) is 17.0. The average Bonchev–Trinajstić information content (AvgIpc) is 2.60. The van der Waals surface area contributed by atoms with E-state index in [0.717, 1.165) is 6.54 Å². The molecule has 0 aliphatic carbocycles. The van der Waals surface area contributed by atoms with Crippen LogP contribution in [0, 0.1) is 0 Å². The molecule has 0 unspecified atom stereocenters. The number of hydrogen-bond acceptors (Lipinski definition) is 1. The van der Waals surface area contributed by atoms with Crippen molar-refractivity contribution in [1.29, 1.82) is 0 Å². The fraction of sp³-hybridized carbons (Fsp3) is 0.619. The first-order valence-corrected chi connectivity index (χ1v) is 17.1. The second-order valence-electron chi connectivity index (χ2n) is 6.91. The Bertz CT molecular complexity index is 405. The van der Waals surface area contributed by atoms with E-state index in [-0.39, 0.29) is 0 Å². The number of unbranched alkanes of at least 4 members (excludes halogenated alkanes) is 3. The van der Waals surface area contributed by atoms with Gasteiger partial charge in [-0.25, -0.2) is 0 Å². The molecule has 0 fully saturated rings. The molecular formula is C21H37NSn. The maximum atomic E-state index is 4.63. The molecule has 0 atom stereocenters. The topological polar surface area (TPSA) is 12.0 Å². The number of nitrogens with one attached hydrogen (secondary N) is 1. The Hall–Kier alpha value is -0.441. The van der Waals surface area contributed by atoms with E-state index in [1.165, 1.54) is 57.5 Å². The number of para-hydroxylation sites is 1. The maximum absolute atomic E-state index is 4.63. The summed E-state index contributed by atoms with van der Waals surface area (Å²) in [7, 11) is 0. The van der Waals surface area contributed by atoms with Crippen molar-refractivity contribution in [2.75, 3.05) is 11.9 Å². The predicted molar refractivity (Wildman–Crippen MR) is 109 cm³/mol. The molecule has 130 valence electrons.